The van der Waals surface area contributed by atoms with Gasteiger partial charge in [-0.15, -0.1) is 0 Å². The zero-order valence-electron chi connectivity index (χ0n) is 14.5. The van der Waals surface area contributed by atoms with Crippen molar-refractivity contribution in [2.75, 3.05) is 19.0 Å². The highest BCUT2D eigenvalue weighted by Crippen LogP contribution is 2.34. The average molecular weight is 359 g/mol. The maximum Gasteiger partial charge on any atom is 0.241 e. The molecule has 5 heteroatoms. The van der Waals surface area contributed by atoms with Crippen molar-refractivity contribution in [1.82, 2.24) is 4.90 Å². The van der Waals surface area contributed by atoms with Crippen LogP contribution in [0.4, 0.5) is 5.69 Å². The quantitative estimate of drug-likeness (QED) is 0.854. The molecule has 2 aromatic rings. The van der Waals surface area contributed by atoms with Crippen molar-refractivity contribution in [3.05, 3.63) is 59.1 Å². The summed E-state index contributed by atoms with van der Waals surface area (Å²) >= 11 is 5.99. The van der Waals surface area contributed by atoms with E-state index in [2.05, 4.69) is 22.3 Å². The minimum Gasteiger partial charge on any atom is -0.497 e. The van der Waals surface area contributed by atoms with E-state index in [0.717, 1.165) is 30.8 Å². The van der Waals surface area contributed by atoms with Gasteiger partial charge in [-0.2, -0.15) is 0 Å². The number of rotatable bonds is 5. The van der Waals surface area contributed by atoms with Gasteiger partial charge < -0.3 is 10.1 Å². The van der Waals surface area contributed by atoms with E-state index in [1.165, 1.54) is 5.56 Å². The van der Waals surface area contributed by atoms with Gasteiger partial charge in [-0.1, -0.05) is 29.8 Å². The first-order chi connectivity index (χ1) is 12.1. The van der Waals surface area contributed by atoms with E-state index in [4.69, 9.17) is 16.3 Å². The summed E-state index contributed by atoms with van der Waals surface area (Å²) in [6.45, 7) is 2.88. The third-order valence-corrected chi connectivity index (χ3v) is 5.00. The van der Waals surface area contributed by atoms with Gasteiger partial charge in [-0.3, -0.25) is 9.69 Å². The molecule has 4 nitrogen and oxygen atoms in total. The second-order valence-electron chi connectivity index (χ2n) is 6.34. The average Bonchev–Trinajstić information content (AvgIpc) is 3.10. The molecule has 25 heavy (non-hydrogen) atoms. The Morgan fingerprint density at radius 3 is 2.72 bits per heavy atom. The van der Waals surface area contributed by atoms with E-state index in [-0.39, 0.29) is 18.0 Å². The van der Waals surface area contributed by atoms with Crippen LogP contribution in [0.15, 0.2) is 48.5 Å². The minimum absolute atomic E-state index is 0.0114. The molecule has 1 N–H and O–H groups in total. The predicted molar refractivity (Wildman–Crippen MR) is 101 cm³/mol. The molecular formula is C20H23ClN2O2. The first-order valence-electron chi connectivity index (χ1n) is 8.54. The van der Waals surface area contributed by atoms with Crippen LogP contribution in [-0.2, 0) is 4.79 Å². The van der Waals surface area contributed by atoms with Crippen LogP contribution < -0.4 is 10.1 Å². The van der Waals surface area contributed by atoms with Gasteiger partial charge in [0.25, 0.3) is 0 Å². The van der Waals surface area contributed by atoms with Gasteiger partial charge in [-0.25, -0.2) is 0 Å². The second kappa shape index (κ2) is 7.89. The van der Waals surface area contributed by atoms with Gasteiger partial charge in [0.15, 0.2) is 0 Å². The summed E-state index contributed by atoms with van der Waals surface area (Å²) in [6.07, 6.45) is 2.15. The third-order valence-electron chi connectivity index (χ3n) is 4.76. The molecule has 132 valence electrons. The molecular weight excluding hydrogens is 336 g/mol. The summed E-state index contributed by atoms with van der Waals surface area (Å²) in [5, 5.41) is 3.58. The van der Waals surface area contributed by atoms with Crippen LogP contribution in [0, 0.1) is 0 Å². The van der Waals surface area contributed by atoms with Crippen LogP contribution >= 0.6 is 11.6 Å². The van der Waals surface area contributed by atoms with Crippen molar-refractivity contribution < 1.29 is 9.53 Å². The van der Waals surface area contributed by atoms with Gasteiger partial charge in [0.05, 0.1) is 13.2 Å². The molecule has 0 spiro atoms. The number of ether oxygens (including phenoxy) is 1. The van der Waals surface area contributed by atoms with E-state index in [0.29, 0.717) is 5.02 Å². The number of methoxy groups -OCH3 is 1. The fourth-order valence-electron chi connectivity index (χ4n) is 3.40. The number of halogens is 1. The molecule has 0 unspecified atom stereocenters. The lowest BCUT2D eigenvalue weighted by Crippen LogP contribution is -2.41. The Morgan fingerprint density at radius 1 is 1.28 bits per heavy atom. The smallest absolute Gasteiger partial charge is 0.241 e. The molecule has 1 saturated heterocycles. The zero-order chi connectivity index (χ0) is 17.8. The molecule has 0 bridgehead atoms. The van der Waals surface area contributed by atoms with Gasteiger partial charge in [0.1, 0.15) is 5.75 Å². The second-order valence-corrected chi connectivity index (χ2v) is 6.78. The van der Waals surface area contributed by atoms with Crippen molar-refractivity contribution >= 4 is 23.2 Å². The normalized spacial score (nSPS) is 18.8. The number of amides is 1. The van der Waals surface area contributed by atoms with Gasteiger partial charge in [-0.05, 0) is 62.2 Å². The first-order valence-corrected chi connectivity index (χ1v) is 8.92. The van der Waals surface area contributed by atoms with Crippen LogP contribution in [-0.4, -0.2) is 30.5 Å². The zero-order valence-corrected chi connectivity index (χ0v) is 15.3. The van der Waals surface area contributed by atoms with Crippen LogP contribution in [0.25, 0.3) is 0 Å². The number of benzene rings is 2. The fraction of sp³-hybridized carbons (Fsp3) is 0.350. The Bertz CT molecular complexity index is 733. The molecule has 0 aromatic heterocycles. The monoisotopic (exact) mass is 358 g/mol. The van der Waals surface area contributed by atoms with E-state index in [9.17, 15) is 4.79 Å². The molecule has 2 aromatic carbocycles. The third kappa shape index (κ3) is 4.14. The van der Waals surface area contributed by atoms with Crippen LogP contribution in [0.3, 0.4) is 0 Å². The van der Waals surface area contributed by atoms with Crippen molar-refractivity contribution in [3.8, 4) is 5.75 Å². The van der Waals surface area contributed by atoms with Crippen molar-refractivity contribution in [1.29, 1.82) is 0 Å². The number of nitrogens with zero attached hydrogens (tertiary/aromatic N) is 1. The fourth-order valence-corrected chi connectivity index (χ4v) is 3.59. The highest BCUT2D eigenvalue weighted by molar-refractivity contribution is 6.30. The molecule has 0 radical (unpaired) electrons. The van der Waals surface area contributed by atoms with Crippen LogP contribution in [0.2, 0.25) is 5.02 Å². The maximum atomic E-state index is 12.7. The van der Waals surface area contributed by atoms with Gasteiger partial charge in [0.2, 0.25) is 5.91 Å². The molecule has 2 atom stereocenters. The summed E-state index contributed by atoms with van der Waals surface area (Å²) in [5.74, 6) is 0.836. The van der Waals surface area contributed by atoms with E-state index >= 15 is 0 Å². The Balaban J connectivity index is 1.71. The van der Waals surface area contributed by atoms with Crippen LogP contribution in [0.5, 0.6) is 5.75 Å². The molecule has 1 aliphatic rings. The lowest BCUT2D eigenvalue weighted by atomic mass is 10.0. The topological polar surface area (TPSA) is 41.6 Å². The molecule has 0 aliphatic carbocycles. The van der Waals surface area contributed by atoms with Gasteiger partial charge >= 0.3 is 0 Å². The lowest BCUT2D eigenvalue weighted by molar-refractivity contribution is -0.121. The number of likely N-dealkylation sites (tertiary alicyclic amines) is 1. The number of nitrogens with one attached hydrogen (secondary N) is 1. The van der Waals surface area contributed by atoms with Crippen molar-refractivity contribution in [2.45, 2.75) is 31.8 Å². The number of hydrogen-bond donors (Lipinski definition) is 1. The first kappa shape index (κ1) is 17.8. The summed E-state index contributed by atoms with van der Waals surface area (Å²) < 4.78 is 5.23. The summed E-state index contributed by atoms with van der Waals surface area (Å²) in [4.78, 5) is 14.9. The standard InChI is InChI=1S/C20H23ClN2O2/c1-14(20(24)22-17-6-3-5-16(21)13-17)23-12-4-7-19(23)15-8-10-18(25-2)11-9-15/h3,5-6,8-11,13-14,19H,4,7,12H2,1-2H3,(H,22,24)/t14-,19+/m0/s1. The molecule has 0 saturated carbocycles. The minimum atomic E-state index is -0.214. The number of carbonyl (C=O) groups excluding carboxylic acids is 1. The van der Waals surface area contributed by atoms with E-state index in [1.807, 2.05) is 31.2 Å². The number of carbonyl (C=O) groups is 1. The molecule has 3 rings (SSSR count). The Kier molecular flexibility index (Phi) is 5.61. The molecule has 1 amide bonds. The maximum absolute atomic E-state index is 12.7. The Labute approximate surface area is 153 Å². The van der Waals surface area contributed by atoms with E-state index < -0.39 is 0 Å². The largest absolute Gasteiger partial charge is 0.497 e. The number of hydrogen-bond acceptors (Lipinski definition) is 3. The lowest BCUT2D eigenvalue weighted by Gasteiger charge is -2.30. The molecule has 1 fully saturated rings. The highest BCUT2D eigenvalue weighted by atomic mass is 35.5. The van der Waals surface area contributed by atoms with Crippen molar-refractivity contribution in [3.63, 3.8) is 0 Å². The van der Waals surface area contributed by atoms with Gasteiger partial charge in [0, 0.05) is 16.8 Å². The summed E-state index contributed by atoms with van der Waals surface area (Å²) in [7, 11) is 1.67. The number of anilines is 1. The van der Waals surface area contributed by atoms with Crippen molar-refractivity contribution in [2.24, 2.45) is 0 Å². The highest BCUT2D eigenvalue weighted by Gasteiger charge is 2.33. The summed E-state index contributed by atoms with van der Waals surface area (Å²) in [5.41, 5.74) is 1.95. The summed E-state index contributed by atoms with van der Waals surface area (Å²) in [6, 6.07) is 15.4. The molecule has 1 heterocycles. The van der Waals surface area contributed by atoms with Crippen LogP contribution in [0.1, 0.15) is 31.4 Å². The SMILES string of the molecule is COc1ccc([C@H]2CCCN2[C@@H](C)C(=O)Nc2cccc(Cl)c2)cc1. The van der Waals surface area contributed by atoms with E-state index in [1.54, 1.807) is 19.2 Å². The predicted octanol–water partition coefficient (Wildman–Crippen LogP) is 4.51. The Hall–Kier alpha value is -2.04. The Morgan fingerprint density at radius 2 is 2.04 bits per heavy atom. The molecule has 1 aliphatic heterocycles.